The van der Waals surface area contributed by atoms with Crippen molar-refractivity contribution < 1.29 is 0 Å². The Balaban J connectivity index is 1.56. The number of aryl methyl sites for hydroxylation is 1. The zero-order chi connectivity index (χ0) is 12.4. The molecule has 3 heterocycles. The monoisotopic (exact) mass is 248 g/mol. The van der Waals surface area contributed by atoms with Crippen molar-refractivity contribution in [1.82, 2.24) is 19.8 Å². The van der Waals surface area contributed by atoms with E-state index in [0.29, 0.717) is 0 Å². The normalized spacial score (nSPS) is 29.2. The SMILES string of the molecule is Cn1ccnc1CCN1CCCC1C1CCCN1. The van der Waals surface area contributed by atoms with Crippen LogP contribution in [0.4, 0.5) is 0 Å². The molecule has 0 radical (unpaired) electrons. The number of nitrogens with zero attached hydrogens (tertiary/aromatic N) is 3. The molecule has 4 heteroatoms. The number of likely N-dealkylation sites (tertiary alicyclic amines) is 1. The third-order valence-corrected chi connectivity index (χ3v) is 4.52. The molecule has 2 atom stereocenters. The molecule has 18 heavy (non-hydrogen) atoms. The lowest BCUT2D eigenvalue weighted by atomic mass is 10.0. The Hall–Kier alpha value is -0.870. The molecule has 1 N–H and O–H groups in total. The third kappa shape index (κ3) is 2.45. The largest absolute Gasteiger partial charge is 0.338 e. The van der Waals surface area contributed by atoms with Gasteiger partial charge < -0.3 is 9.88 Å². The van der Waals surface area contributed by atoms with Crippen LogP contribution in [0.15, 0.2) is 12.4 Å². The van der Waals surface area contributed by atoms with Crippen LogP contribution in [-0.4, -0.2) is 46.2 Å². The molecule has 2 unspecified atom stereocenters. The predicted molar refractivity (Wildman–Crippen MR) is 72.5 cm³/mol. The Morgan fingerprint density at radius 1 is 1.39 bits per heavy atom. The summed E-state index contributed by atoms with van der Waals surface area (Å²) in [5.74, 6) is 1.21. The van der Waals surface area contributed by atoms with Gasteiger partial charge in [-0.1, -0.05) is 0 Å². The highest BCUT2D eigenvalue weighted by molar-refractivity contribution is 4.96. The Morgan fingerprint density at radius 2 is 2.33 bits per heavy atom. The molecule has 1 aromatic rings. The minimum absolute atomic E-state index is 0.744. The molecule has 4 nitrogen and oxygen atoms in total. The van der Waals surface area contributed by atoms with Crippen LogP contribution in [0.2, 0.25) is 0 Å². The second kappa shape index (κ2) is 5.41. The maximum atomic E-state index is 4.42. The first-order chi connectivity index (χ1) is 8.84. The number of hydrogen-bond acceptors (Lipinski definition) is 3. The van der Waals surface area contributed by atoms with Gasteiger partial charge in [-0.05, 0) is 38.8 Å². The second-order valence-electron chi connectivity index (χ2n) is 5.65. The zero-order valence-corrected chi connectivity index (χ0v) is 11.3. The van der Waals surface area contributed by atoms with E-state index >= 15 is 0 Å². The van der Waals surface area contributed by atoms with E-state index in [9.17, 15) is 0 Å². The highest BCUT2D eigenvalue weighted by Gasteiger charge is 2.32. The van der Waals surface area contributed by atoms with E-state index in [4.69, 9.17) is 0 Å². The van der Waals surface area contributed by atoms with E-state index in [1.54, 1.807) is 0 Å². The van der Waals surface area contributed by atoms with Crippen molar-refractivity contribution in [3.05, 3.63) is 18.2 Å². The fraction of sp³-hybridized carbons (Fsp3) is 0.786. The summed E-state index contributed by atoms with van der Waals surface area (Å²) in [5, 5.41) is 3.67. The first-order valence-electron chi connectivity index (χ1n) is 7.28. The van der Waals surface area contributed by atoms with Gasteiger partial charge in [-0.25, -0.2) is 4.98 Å². The topological polar surface area (TPSA) is 33.1 Å². The van der Waals surface area contributed by atoms with Gasteiger partial charge in [0.1, 0.15) is 5.82 Å². The van der Waals surface area contributed by atoms with Crippen molar-refractivity contribution in [2.45, 2.75) is 44.2 Å². The number of nitrogens with one attached hydrogen (secondary N) is 1. The number of imidazole rings is 1. The molecule has 0 bridgehead atoms. The summed E-state index contributed by atoms with van der Waals surface area (Å²) in [6.45, 7) is 3.65. The van der Waals surface area contributed by atoms with Gasteiger partial charge in [0.15, 0.2) is 0 Å². The summed E-state index contributed by atoms with van der Waals surface area (Å²) >= 11 is 0. The highest BCUT2D eigenvalue weighted by atomic mass is 15.2. The lowest BCUT2D eigenvalue weighted by molar-refractivity contribution is 0.215. The summed E-state index contributed by atoms with van der Waals surface area (Å²) in [5.41, 5.74) is 0. The van der Waals surface area contributed by atoms with E-state index in [1.807, 2.05) is 12.4 Å². The first-order valence-corrected chi connectivity index (χ1v) is 7.28. The molecule has 2 aliphatic rings. The summed E-state index contributed by atoms with van der Waals surface area (Å²) in [6.07, 6.45) is 10.5. The van der Waals surface area contributed by atoms with Crippen LogP contribution < -0.4 is 5.32 Å². The van der Waals surface area contributed by atoms with Crippen molar-refractivity contribution in [2.75, 3.05) is 19.6 Å². The molecule has 3 rings (SSSR count). The molecule has 0 aliphatic carbocycles. The maximum Gasteiger partial charge on any atom is 0.109 e. The number of rotatable bonds is 4. The van der Waals surface area contributed by atoms with Gasteiger partial charge in [0.05, 0.1) is 0 Å². The average Bonchev–Trinajstić information content (AvgIpc) is 3.07. The quantitative estimate of drug-likeness (QED) is 0.868. The minimum Gasteiger partial charge on any atom is -0.338 e. The van der Waals surface area contributed by atoms with Crippen LogP contribution >= 0.6 is 0 Å². The maximum absolute atomic E-state index is 4.42. The smallest absolute Gasteiger partial charge is 0.109 e. The van der Waals surface area contributed by atoms with Gasteiger partial charge in [0.2, 0.25) is 0 Å². The fourth-order valence-corrected chi connectivity index (χ4v) is 3.51. The van der Waals surface area contributed by atoms with Gasteiger partial charge in [0.25, 0.3) is 0 Å². The number of aromatic nitrogens is 2. The summed E-state index contributed by atoms with van der Waals surface area (Å²) in [4.78, 5) is 7.10. The minimum atomic E-state index is 0.744. The van der Waals surface area contributed by atoms with Crippen LogP contribution in [0, 0.1) is 0 Å². The van der Waals surface area contributed by atoms with Crippen LogP contribution in [0.5, 0.6) is 0 Å². The van der Waals surface area contributed by atoms with Gasteiger partial charge >= 0.3 is 0 Å². The van der Waals surface area contributed by atoms with Crippen molar-refractivity contribution >= 4 is 0 Å². The molecule has 2 aliphatic heterocycles. The van der Waals surface area contributed by atoms with Gasteiger partial charge in [-0.2, -0.15) is 0 Å². The van der Waals surface area contributed by atoms with Crippen molar-refractivity contribution in [2.24, 2.45) is 7.05 Å². The molecule has 2 fully saturated rings. The van der Waals surface area contributed by atoms with E-state index in [0.717, 1.165) is 25.0 Å². The summed E-state index contributed by atoms with van der Waals surface area (Å²) < 4.78 is 2.14. The summed E-state index contributed by atoms with van der Waals surface area (Å²) in [6, 6.07) is 1.52. The first kappa shape index (κ1) is 12.2. The van der Waals surface area contributed by atoms with Gasteiger partial charge in [-0.15, -0.1) is 0 Å². The van der Waals surface area contributed by atoms with Crippen LogP contribution in [0.3, 0.4) is 0 Å². The van der Waals surface area contributed by atoms with Crippen molar-refractivity contribution in [3.8, 4) is 0 Å². The van der Waals surface area contributed by atoms with E-state index < -0.39 is 0 Å². The Kier molecular flexibility index (Phi) is 3.66. The van der Waals surface area contributed by atoms with Crippen molar-refractivity contribution in [1.29, 1.82) is 0 Å². The van der Waals surface area contributed by atoms with Gasteiger partial charge in [0, 0.05) is 44.5 Å². The van der Waals surface area contributed by atoms with E-state index in [1.165, 1.54) is 44.6 Å². The molecule has 1 aromatic heterocycles. The van der Waals surface area contributed by atoms with Crippen LogP contribution in [-0.2, 0) is 13.5 Å². The van der Waals surface area contributed by atoms with E-state index in [2.05, 4.69) is 26.8 Å². The molecule has 0 aromatic carbocycles. The molecular weight excluding hydrogens is 224 g/mol. The molecular formula is C14H24N4. The Bertz CT molecular complexity index is 381. The number of hydrogen-bond donors (Lipinski definition) is 1. The second-order valence-corrected chi connectivity index (χ2v) is 5.65. The zero-order valence-electron chi connectivity index (χ0n) is 11.3. The average molecular weight is 248 g/mol. The van der Waals surface area contributed by atoms with Crippen LogP contribution in [0.1, 0.15) is 31.5 Å². The Morgan fingerprint density at radius 3 is 3.06 bits per heavy atom. The standard InChI is InChI=1S/C14H24N4/c1-17-11-8-16-14(17)6-10-18-9-3-5-13(18)12-4-2-7-15-12/h8,11-13,15H,2-7,9-10H2,1H3. The lowest BCUT2D eigenvalue weighted by Crippen LogP contribution is -2.44. The molecule has 2 saturated heterocycles. The predicted octanol–water partition coefficient (Wildman–Crippen LogP) is 1.18. The molecule has 0 spiro atoms. The molecule has 100 valence electrons. The lowest BCUT2D eigenvalue weighted by Gasteiger charge is -2.29. The molecule has 0 amide bonds. The highest BCUT2D eigenvalue weighted by Crippen LogP contribution is 2.24. The molecule has 0 saturated carbocycles. The third-order valence-electron chi connectivity index (χ3n) is 4.52. The van der Waals surface area contributed by atoms with Crippen molar-refractivity contribution in [3.63, 3.8) is 0 Å². The van der Waals surface area contributed by atoms with E-state index in [-0.39, 0.29) is 0 Å². The van der Waals surface area contributed by atoms with Crippen LogP contribution in [0.25, 0.3) is 0 Å². The van der Waals surface area contributed by atoms with Gasteiger partial charge in [-0.3, -0.25) is 4.90 Å². The fourth-order valence-electron chi connectivity index (χ4n) is 3.51. The Labute approximate surface area is 109 Å². The summed E-state index contributed by atoms with van der Waals surface area (Å²) in [7, 11) is 2.09.